The monoisotopic (exact) mass is 282 g/mol. The number of halogens is 1. The van der Waals surface area contributed by atoms with Crippen molar-refractivity contribution in [2.45, 2.75) is 26.2 Å². The van der Waals surface area contributed by atoms with Crippen LogP contribution in [0.3, 0.4) is 0 Å². The van der Waals surface area contributed by atoms with E-state index in [9.17, 15) is 0 Å². The van der Waals surface area contributed by atoms with Gasteiger partial charge in [-0.25, -0.2) is 9.97 Å². The van der Waals surface area contributed by atoms with Crippen LogP contribution < -0.4 is 4.90 Å². The zero-order valence-corrected chi connectivity index (χ0v) is 12.6. The molecule has 0 spiro atoms. The molecule has 0 unspecified atom stereocenters. The third-order valence-corrected chi connectivity index (χ3v) is 3.75. The fourth-order valence-corrected chi connectivity index (χ4v) is 2.63. The highest BCUT2D eigenvalue weighted by Crippen LogP contribution is 2.18. The molecule has 106 valence electrons. The Morgan fingerprint density at radius 1 is 1.21 bits per heavy atom. The van der Waals surface area contributed by atoms with Gasteiger partial charge < -0.3 is 9.80 Å². The highest BCUT2D eigenvalue weighted by Gasteiger charge is 2.16. The van der Waals surface area contributed by atoms with Crippen LogP contribution in [-0.4, -0.2) is 53.5 Å². The first-order valence-corrected chi connectivity index (χ1v) is 7.59. The predicted molar refractivity (Wildman–Crippen MR) is 80.1 cm³/mol. The summed E-state index contributed by atoms with van der Waals surface area (Å²) in [5, 5.41) is 0. The molecule has 5 heteroatoms. The Morgan fingerprint density at radius 3 is 2.79 bits per heavy atom. The van der Waals surface area contributed by atoms with Crippen molar-refractivity contribution in [2.75, 3.05) is 43.5 Å². The Balaban J connectivity index is 2.03. The van der Waals surface area contributed by atoms with Gasteiger partial charge in [0.15, 0.2) is 0 Å². The molecule has 1 saturated heterocycles. The molecule has 0 bridgehead atoms. The topological polar surface area (TPSA) is 32.3 Å². The van der Waals surface area contributed by atoms with Crippen LogP contribution in [0.5, 0.6) is 0 Å². The van der Waals surface area contributed by atoms with Gasteiger partial charge in [-0.3, -0.25) is 0 Å². The maximum Gasteiger partial charge on any atom is 0.132 e. The van der Waals surface area contributed by atoms with E-state index in [-0.39, 0.29) is 0 Å². The van der Waals surface area contributed by atoms with Gasteiger partial charge in [0.2, 0.25) is 0 Å². The maximum absolute atomic E-state index is 5.82. The lowest BCUT2D eigenvalue weighted by molar-refractivity contribution is 0.311. The van der Waals surface area contributed by atoms with Crippen LogP contribution >= 0.6 is 11.6 Å². The minimum Gasteiger partial charge on any atom is -0.355 e. The highest BCUT2D eigenvalue weighted by atomic mass is 35.5. The average Bonchev–Trinajstić information content (AvgIpc) is 2.65. The van der Waals surface area contributed by atoms with Crippen molar-refractivity contribution in [3.63, 3.8) is 0 Å². The largest absolute Gasteiger partial charge is 0.355 e. The first-order chi connectivity index (χ1) is 9.20. The number of rotatable bonds is 4. The van der Waals surface area contributed by atoms with Crippen LogP contribution in [0.4, 0.5) is 5.82 Å². The van der Waals surface area contributed by atoms with Crippen molar-refractivity contribution in [1.82, 2.24) is 14.9 Å². The van der Waals surface area contributed by atoms with E-state index in [1.165, 1.54) is 0 Å². The van der Waals surface area contributed by atoms with Gasteiger partial charge in [0, 0.05) is 43.8 Å². The van der Waals surface area contributed by atoms with Gasteiger partial charge in [0.1, 0.15) is 12.1 Å². The molecule has 0 aliphatic carbocycles. The van der Waals surface area contributed by atoms with Gasteiger partial charge in [-0.05, 0) is 18.9 Å². The minimum atomic E-state index is 0.446. The molecule has 0 amide bonds. The van der Waals surface area contributed by atoms with E-state index in [1.807, 2.05) is 0 Å². The zero-order valence-electron chi connectivity index (χ0n) is 11.8. The summed E-state index contributed by atoms with van der Waals surface area (Å²) in [5.41, 5.74) is 1.12. The molecule has 0 radical (unpaired) electrons. The highest BCUT2D eigenvalue weighted by molar-refractivity contribution is 6.18. The first kappa shape index (κ1) is 14.5. The second-order valence-corrected chi connectivity index (χ2v) is 5.70. The molecule has 2 heterocycles. The Bertz CT molecular complexity index is 397. The average molecular weight is 283 g/mol. The van der Waals surface area contributed by atoms with E-state index >= 15 is 0 Å². The van der Waals surface area contributed by atoms with Gasteiger partial charge in [-0.15, -0.1) is 11.6 Å². The lowest BCUT2D eigenvalue weighted by Crippen LogP contribution is -2.32. The summed E-state index contributed by atoms with van der Waals surface area (Å²) in [7, 11) is 0. The molecule has 1 aliphatic heterocycles. The first-order valence-electron chi connectivity index (χ1n) is 7.06. The Kier molecular flexibility index (Phi) is 5.40. The van der Waals surface area contributed by atoms with Crippen LogP contribution in [0.15, 0.2) is 12.4 Å². The normalized spacial score (nSPS) is 17.8. The van der Waals surface area contributed by atoms with Crippen LogP contribution in [0.2, 0.25) is 0 Å². The third-order valence-electron chi connectivity index (χ3n) is 3.58. The molecule has 1 aliphatic rings. The third kappa shape index (κ3) is 4.05. The van der Waals surface area contributed by atoms with E-state index in [1.54, 1.807) is 6.33 Å². The van der Waals surface area contributed by atoms with Crippen molar-refractivity contribution in [3.8, 4) is 0 Å². The van der Waals surface area contributed by atoms with Crippen LogP contribution in [0.25, 0.3) is 0 Å². The molecular formula is C14H23ClN4. The van der Waals surface area contributed by atoms with Gasteiger partial charge >= 0.3 is 0 Å². The molecule has 0 N–H and O–H groups in total. The zero-order chi connectivity index (χ0) is 13.7. The van der Waals surface area contributed by atoms with E-state index in [0.29, 0.717) is 11.8 Å². The molecule has 1 aromatic heterocycles. The summed E-state index contributed by atoms with van der Waals surface area (Å²) < 4.78 is 0. The fourth-order valence-electron chi connectivity index (χ4n) is 2.39. The summed E-state index contributed by atoms with van der Waals surface area (Å²) in [4.78, 5) is 13.6. The maximum atomic E-state index is 5.82. The Labute approximate surface area is 120 Å². The molecule has 0 saturated carbocycles. The molecular weight excluding hydrogens is 260 g/mol. The summed E-state index contributed by atoms with van der Waals surface area (Å²) in [6, 6.07) is 2.13. The number of hydrogen-bond donors (Lipinski definition) is 0. The van der Waals surface area contributed by atoms with Crippen molar-refractivity contribution >= 4 is 17.4 Å². The van der Waals surface area contributed by atoms with Crippen molar-refractivity contribution in [3.05, 3.63) is 18.1 Å². The standard InChI is InChI=1S/C14H23ClN4/c1-12(2)13-10-14(17-11-16-13)19-6-3-5-18(7-4-15)8-9-19/h10-12H,3-9H2,1-2H3. The number of hydrogen-bond acceptors (Lipinski definition) is 4. The SMILES string of the molecule is CC(C)c1cc(N2CCCN(CCCl)CC2)ncn1. The van der Waals surface area contributed by atoms with E-state index in [4.69, 9.17) is 11.6 Å². The lowest BCUT2D eigenvalue weighted by atomic mass is 10.1. The lowest BCUT2D eigenvalue weighted by Gasteiger charge is -2.22. The minimum absolute atomic E-state index is 0.446. The molecule has 19 heavy (non-hydrogen) atoms. The molecule has 4 nitrogen and oxygen atoms in total. The Morgan fingerprint density at radius 2 is 2.05 bits per heavy atom. The molecule has 0 atom stereocenters. The fraction of sp³-hybridized carbons (Fsp3) is 0.714. The van der Waals surface area contributed by atoms with E-state index in [2.05, 4.69) is 39.7 Å². The van der Waals surface area contributed by atoms with Gasteiger partial charge in [0.25, 0.3) is 0 Å². The molecule has 2 rings (SSSR count). The number of anilines is 1. The number of alkyl halides is 1. The van der Waals surface area contributed by atoms with Crippen LogP contribution in [0.1, 0.15) is 31.9 Å². The Hall–Kier alpha value is -0.870. The second kappa shape index (κ2) is 7.06. The van der Waals surface area contributed by atoms with Gasteiger partial charge in [0.05, 0.1) is 0 Å². The summed E-state index contributed by atoms with van der Waals surface area (Å²) >= 11 is 5.82. The van der Waals surface area contributed by atoms with Gasteiger partial charge in [-0.1, -0.05) is 13.8 Å². The summed E-state index contributed by atoms with van der Waals surface area (Å²) in [6.45, 7) is 9.59. The van der Waals surface area contributed by atoms with Crippen molar-refractivity contribution in [2.24, 2.45) is 0 Å². The quantitative estimate of drug-likeness (QED) is 0.794. The van der Waals surface area contributed by atoms with Gasteiger partial charge in [-0.2, -0.15) is 0 Å². The second-order valence-electron chi connectivity index (χ2n) is 5.33. The summed E-state index contributed by atoms with van der Waals surface area (Å²) in [6.07, 6.45) is 2.85. The van der Waals surface area contributed by atoms with Crippen LogP contribution in [0, 0.1) is 0 Å². The number of aromatic nitrogens is 2. The molecule has 1 fully saturated rings. The van der Waals surface area contributed by atoms with E-state index in [0.717, 1.165) is 50.7 Å². The van der Waals surface area contributed by atoms with Crippen molar-refractivity contribution in [1.29, 1.82) is 0 Å². The van der Waals surface area contributed by atoms with Crippen LogP contribution in [-0.2, 0) is 0 Å². The van der Waals surface area contributed by atoms with Crippen molar-refractivity contribution < 1.29 is 0 Å². The molecule has 1 aromatic rings. The summed E-state index contributed by atoms with van der Waals surface area (Å²) in [5.74, 6) is 2.22. The smallest absolute Gasteiger partial charge is 0.132 e. The number of nitrogens with zero attached hydrogens (tertiary/aromatic N) is 4. The van der Waals surface area contributed by atoms with E-state index < -0.39 is 0 Å². The molecule has 0 aromatic carbocycles. The predicted octanol–water partition coefficient (Wildman–Crippen LogP) is 2.35.